The number of carbonyl (C=O) groups excluding carboxylic acids is 1. The van der Waals surface area contributed by atoms with Crippen LogP contribution in [0.15, 0.2) is 0 Å². The monoisotopic (exact) mass is 218 g/mol. The van der Waals surface area contributed by atoms with Crippen LogP contribution in [0, 0.1) is 26.1 Å². The summed E-state index contributed by atoms with van der Waals surface area (Å²) in [6.45, 7) is -0.726. The molecule has 1 unspecified atom stereocenters. The number of aliphatic hydroxyl groups is 1. The third kappa shape index (κ3) is 1.80. The van der Waals surface area contributed by atoms with Gasteiger partial charge in [-0.3, -0.25) is 25.0 Å². The second kappa shape index (κ2) is 3.89. The van der Waals surface area contributed by atoms with Crippen molar-refractivity contribution < 1.29 is 19.7 Å². The van der Waals surface area contributed by atoms with Gasteiger partial charge in [-0.25, -0.2) is 0 Å². The molecule has 0 spiro atoms. The van der Waals surface area contributed by atoms with E-state index in [0.29, 0.717) is 0 Å². The summed E-state index contributed by atoms with van der Waals surface area (Å²) >= 11 is 0. The minimum absolute atomic E-state index is 0.0847. The molecule has 0 aromatic heterocycles. The standard InChI is InChI=1S/C7H10N2O6/c10-4-6(11)5-1-2-7(3-5,8(12)13)9(14)15/h5,10H,1-4H2. The summed E-state index contributed by atoms with van der Waals surface area (Å²) in [6, 6.07) is 0. The molecule has 0 amide bonds. The Bertz CT molecular complexity index is 301. The Morgan fingerprint density at radius 2 is 1.93 bits per heavy atom. The molecule has 1 saturated carbocycles. The van der Waals surface area contributed by atoms with Crippen LogP contribution in [0.3, 0.4) is 0 Å². The summed E-state index contributed by atoms with van der Waals surface area (Å²) in [5, 5.41) is 29.8. The Kier molecular flexibility index (Phi) is 2.98. The zero-order valence-corrected chi connectivity index (χ0v) is 7.79. The predicted molar refractivity (Wildman–Crippen MR) is 46.2 cm³/mol. The van der Waals surface area contributed by atoms with E-state index < -0.39 is 40.2 Å². The minimum atomic E-state index is -2.24. The quantitative estimate of drug-likeness (QED) is 0.389. The Morgan fingerprint density at radius 1 is 1.40 bits per heavy atom. The van der Waals surface area contributed by atoms with Gasteiger partial charge in [0.15, 0.2) is 5.78 Å². The molecule has 1 N–H and O–H groups in total. The first-order valence-electron chi connectivity index (χ1n) is 4.36. The van der Waals surface area contributed by atoms with Gasteiger partial charge in [-0.1, -0.05) is 0 Å². The van der Waals surface area contributed by atoms with Gasteiger partial charge in [0.05, 0.1) is 22.7 Å². The van der Waals surface area contributed by atoms with Gasteiger partial charge in [0.2, 0.25) is 0 Å². The molecule has 0 bridgehead atoms. The third-order valence-electron chi connectivity index (χ3n) is 2.76. The second-order valence-electron chi connectivity index (χ2n) is 3.56. The second-order valence-corrected chi connectivity index (χ2v) is 3.56. The van der Waals surface area contributed by atoms with Crippen LogP contribution in [0.25, 0.3) is 0 Å². The number of hydrogen-bond donors (Lipinski definition) is 1. The highest BCUT2D eigenvalue weighted by Crippen LogP contribution is 2.37. The topological polar surface area (TPSA) is 124 Å². The molecule has 84 valence electrons. The Hall–Kier alpha value is -1.57. The maximum absolute atomic E-state index is 11.1. The van der Waals surface area contributed by atoms with Crippen LogP contribution in [0.5, 0.6) is 0 Å². The van der Waals surface area contributed by atoms with Crippen molar-refractivity contribution in [3.8, 4) is 0 Å². The van der Waals surface area contributed by atoms with Crippen LogP contribution in [0.1, 0.15) is 19.3 Å². The number of carbonyl (C=O) groups is 1. The number of nitrogens with zero attached hydrogens (tertiary/aromatic N) is 2. The molecule has 8 nitrogen and oxygen atoms in total. The van der Waals surface area contributed by atoms with Gasteiger partial charge >= 0.3 is 5.66 Å². The lowest BCUT2D eigenvalue weighted by Crippen LogP contribution is -2.44. The number of hydrogen-bond acceptors (Lipinski definition) is 6. The van der Waals surface area contributed by atoms with Crippen molar-refractivity contribution in [3.05, 3.63) is 20.2 Å². The molecule has 0 heterocycles. The number of nitro groups is 2. The lowest BCUT2D eigenvalue weighted by atomic mass is 10.0. The SMILES string of the molecule is O=C(CO)C1CCC([N+](=O)[O-])([N+](=O)[O-])C1. The first-order chi connectivity index (χ1) is 6.94. The largest absolute Gasteiger partial charge is 0.459 e. The number of ketones is 1. The van der Waals surface area contributed by atoms with Crippen LogP contribution >= 0.6 is 0 Å². The van der Waals surface area contributed by atoms with Gasteiger partial charge in [-0.2, -0.15) is 0 Å². The molecule has 8 heteroatoms. The first-order valence-corrected chi connectivity index (χ1v) is 4.36. The fraction of sp³-hybridized carbons (Fsp3) is 0.857. The first kappa shape index (κ1) is 11.5. The van der Waals surface area contributed by atoms with Crippen molar-refractivity contribution in [3.63, 3.8) is 0 Å². The van der Waals surface area contributed by atoms with Crippen molar-refractivity contribution in [2.75, 3.05) is 6.61 Å². The number of rotatable bonds is 4. The molecular weight excluding hydrogens is 208 g/mol. The maximum atomic E-state index is 11.1. The molecule has 1 aliphatic carbocycles. The highest BCUT2D eigenvalue weighted by molar-refractivity contribution is 5.82. The van der Waals surface area contributed by atoms with Gasteiger partial charge < -0.3 is 5.11 Å². The summed E-state index contributed by atoms with van der Waals surface area (Å²) in [6.07, 6.45) is -0.600. The van der Waals surface area contributed by atoms with Crippen molar-refractivity contribution in [1.29, 1.82) is 0 Å². The van der Waals surface area contributed by atoms with E-state index in [1.54, 1.807) is 0 Å². The van der Waals surface area contributed by atoms with Crippen molar-refractivity contribution >= 4 is 5.78 Å². The van der Waals surface area contributed by atoms with E-state index in [4.69, 9.17) is 5.11 Å². The summed E-state index contributed by atoms with van der Waals surface area (Å²) in [7, 11) is 0. The van der Waals surface area contributed by atoms with Crippen LogP contribution in [-0.4, -0.2) is 33.0 Å². The van der Waals surface area contributed by atoms with Crippen LogP contribution < -0.4 is 0 Å². The smallest absolute Gasteiger partial charge is 0.389 e. The average molecular weight is 218 g/mol. The highest BCUT2D eigenvalue weighted by Gasteiger charge is 2.62. The van der Waals surface area contributed by atoms with E-state index in [-0.39, 0.29) is 12.8 Å². The zero-order chi connectivity index (χ0) is 11.6. The molecule has 1 fully saturated rings. The molecular formula is C7H10N2O6. The number of Topliss-reactive ketones (excluding diaryl/α,β-unsaturated/α-hetero) is 1. The zero-order valence-electron chi connectivity index (χ0n) is 7.79. The predicted octanol–water partition coefficient (Wildman–Crippen LogP) is -0.402. The molecule has 0 aromatic rings. The van der Waals surface area contributed by atoms with E-state index >= 15 is 0 Å². The Labute approximate surface area is 84.2 Å². The van der Waals surface area contributed by atoms with Gasteiger partial charge in [0.25, 0.3) is 0 Å². The molecule has 15 heavy (non-hydrogen) atoms. The molecule has 1 atom stereocenters. The van der Waals surface area contributed by atoms with Gasteiger partial charge in [0, 0.05) is 5.92 Å². The Morgan fingerprint density at radius 3 is 2.27 bits per heavy atom. The molecule has 1 rings (SSSR count). The molecule has 0 saturated heterocycles. The number of aliphatic hydroxyl groups excluding tert-OH is 1. The lowest BCUT2D eigenvalue weighted by Gasteiger charge is -2.10. The van der Waals surface area contributed by atoms with E-state index in [1.807, 2.05) is 0 Å². The normalized spacial score (nSPS) is 23.7. The van der Waals surface area contributed by atoms with E-state index in [0.717, 1.165) is 0 Å². The van der Waals surface area contributed by atoms with E-state index in [9.17, 15) is 25.0 Å². The summed E-state index contributed by atoms with van der Waals surface area (Å²) in [5.74, 6) is -1.34. The van der Waals surface area contributed by atoms with Gasteiger partial charge in [-0.15, -0.1) is 0 Å². The highest BCUT2D eigenvalue weighted by atomic mass is 16.7. The fourth-order valence-electron chi connectivity index (χ4n) is 1.81. The van der Waals surface area contributed by atoms with Crippen LogP contribution in [-0.2, 0) is 4.79 Å². The molecule has 0 aromatic carbocycles. The van der Waals surface area contributed by atoms with Crippen molar-refractivity contribution in [1.82, 2.24) is 0 Å². The van der Waals surface area contributed by atoms with Gasteiger partial charge in [0.1, 0.15) is 6.61 Å². The molecule has 0 aliphatic heterocycles. The van der Waals surface area contributed by atoms with Gasteiger partial charge in [-0.05, 0) is 6.42 Å². The summed E-state index contributed by atoms with van der Waals surface area (Å²) < 4.78 is 0. The van der Waals surface area contributed by atoms with E-state index in [1.165, 1.54) is 0 Å². The van der Waals surface area contributed by atoms with E-state index in [2.05, 4.69) is 0 Å². The lowest BCUT2D eigenvalue weighted by molar-refractivity contribution is -0.795. The summed E-state index contributed by atoms with van der Waals surface area (Å²) in [5.41, 5.74) is -2.24. The average Bonchev–Trinajstić information content (AvgIpc) is 2.62. The minimum Gasteiger partial charge on any atom is -0.389 e. The van der Waals surface area contributed by atoms with Crippen molar-refractivity contribution in [2.24, 2.45) is 5.92 Å². The van der Waals surface area contributed by atoms with Crippen LogP contribution in [0.4, 0.5) is 0 Å². The van der Waals surface area contributed by atoms with Crippen molar-refractivity contribution in [2.45, 2.75) is 24.9 Å². The molecule has 0 radical (unpaired) electrons. The maximum Gasteiger partial charge on any atom is 0.459 e. The Balaban J connectivity index is 2.86. The molecule has 1 aliphatic rings. The fourth-order valence-corrected chi connectivity index (χ4v) is 1.81. The van der Waals surface area contributed by atoms with Crippen LogP contribution in [0.2, 0.25) is 0 Å². The third-order valence-corrected chi connectivity index (χ3v) is 2.76. The summed E-state index contributed by atoms with van der Waals surface area (Å²) in [4.78, 5) is 30.4.